The summed E-state index contributed by atoms with van der Waals surface area (Å²) < 4.78 is 9.99. The fourth-order valence-electron chi connectivity index (χ4n) is 1.61. The lowest BCUT2D eigenvalue weighted by Crippen LogP contribution is -2.22. The van der Waals surface area contributed by atoms with Gasteiger partial charge in [0.1, 0.15) is 6.10 Å². The molecule has 6 nitrogen and oxygen atoms in total. The smallest absolute Gasteiger partial charge is 0.358 e. The minimum atomic E-state index is -0.825. The number of aromatic nitrogens is 1. The van der Waals surface area contributed by atoms with Crippen LogP contribution in [0.4, 0.5) is 5.13 Å². The van der Waals surface area contributed by atoms with Crippen LogP contribution in [0, 0.1) is 0 Å². The van der Waals surface area contributed by atoms with Gasteiger partial charge in [-0.1, -0.05) is 6.08 Å². The first kappa shape index (κ1) is 13.5. The molecule has 102 valence electrons. The molecular formula is C12H14N2O4S. The predicted molar refractivity (Wildman–Crippen MR) is 70.2 cm³/mol. The lowest BCUT2D eigenvalue weighted by molar-refractivity contribution is -0.147. The van der Waals surface area contributed by atoms with Crippen molar-refractivity contribution in [3.8, 4) is 0 Å². The Hall–Kier alpha value is -1.89. The topological polar surface area (TPSA) is 77.5 Å². The van der Waals surface area contributed by atoms with E-state index in [1.54, 1.807) is 18.4 Å². The number of carbonyl (C=O) groups is 2. The maximum atomic E-state index is 11.8. The van der Waals surface area contributed by atoms with E-state index in [-0.39, 0.29) is 11.8 Å². The maximum Gasteiger partial charge on any atom is 0.358 e. The number of carbonyl (C=O) groups excluding carboxylic acids is 2. The van der Waals surface area contributed by atoms with E-state index in [1.165, 1.54) is 11.3 Å². The van der Waals surface area contributed by atoms with Crippen molar-refractivity contribution in [2.75, 3.05) is 11.9 Å². The number of hydrogen-bond acceptors (Lipinski definition) is 7. The van der Waals surface area contributed by atoms with Gasteiger partial charge in [0.15, 0.2) is 10.8 Å². The van der Waals surface area contributed by atoms with Gasteiger partial charge in [-0.2, -0.15) is 0 Å². The number of hydrogen-bond donors (Lipinski definition) is 1. The number of esters is 2. The van der Waals surface area contributed by atoms with Gasteiger partial charge in [-0.25, -0.2) is 14.6 Å². The molecular weight excluding hydrogens is 268 g/mol. The zero-order chi connectivity index (χ0) is 13.8. The van der Waals surface area contributed by atoms with E-state index in [4.69, 9.17) is 9.47 Å². The van der Waals surface area contributed by atoms with Gasteiger partial charge in [0.25, 0.3) is 0 Å². The lowest BCUT2D eigenvalue weighted by Gasteiger charge is -2.06. The minimum absolute atomic E-state index is 0.184. The van der Waals surface area contributed by atoms with Crippen LogP contribution in [0.5, 0.6) is 0 Å². The first-order valence-electron chi connectivity index (χ1n) is 5.82. The van der Waals surface area contributed by atoms with Gasteiger partial charge in [0, 0.05) is 18.3 Å². The summed E-state index contributed by atoms with van der Waals surface area (Å²) in [7, 11) is 0. The molecule has 0 spiro atoms. The highest BCUT2D eigenvalue weighted by molar-refractivity contribution is 7.13. The molecule has 1 aromatic heterocycles. The summed E-state index contributed by atoms with van der Waals surface area (Å²) in [5.74, 6) is -1.11. The molecule has 19 heavy (non-hydrogen) atoms. The molecule has 0 amide bonds. The highest BCUT2D eigenvalue weighted by Gasteiger charge is 2.35. The van der Waals surface area contributed by atoms with E-state index >= 15 is 0 Å². The molecule has 0 bridgehead atoms. The molecule has 7 heteroatoms. The second kappa shape index (κ2) is 5.83. The van der Waals surface area contributed by atoms with Crippen molar-refractivity contribution < 1.29 is 19.1 Å². The molecule has 0 radical (unpaired) electrons. The monoisotopic (exact) mass is 282 g/mol. The van der Waals surface area contributed by atoms with Gasteiger partial charge in [0.05, 0.1) is 0 Å². The van der Waals surface area contributed by atoms with Gasteiger partial charge in [-0.15, -0.1) is 17.9 Å². The van der Waals surface area contributed by atoms with E-state index in [9.17, 15) is 9.59 Å². The summed E-state index contributed by atoms with van der Waals surface area (Å²) >= 11 is 1.29. The highest BCUT2D eigenvalue weighted by atomic mass is 32.1. The molecule has 0 saturated carbocycles. The maximum absolute atomic E-state index is 11.8. The van der Waals surface area contributed by atoms with E-state index < -0.39 is 18.0 Å². The number of thiazole rings is 1. The molecule has 2 rings (SSSR count). The molecule has 1 fully saturated rings. The van der Waals surface area contributed by atoms with Crippen LogP contribution in [-0.2, 0) is 14.3 Å². The standard InChI is InChI=1S/C12H14N2O4S/c1-3-4-13-12-14-8(6-19-12)10(15)18-9-5-7(2)17-11(9)16/h3,6-7,9H,1,4-5H2,2H3,(H,13,14)/t7-,9+/m0/s1. The van der Waals surface area contributed by atoms with Crippen LogP contribution in [-0.4, -0.2) is 35.7 Å². The van der Waals surface area contributed by atoms with Crippen LogP contribution >= 0.6 is 11.3 Å². The fourth-order valence-corrected chi connectivity index (χ4v) is 2.30. The summed E-state index contributed by atoms with van der Waals surface area (Å²) in [6.07, 6.45) is 1.03. The second-order valence-electron chi connectivity index (χ2n) is 4.08. The Morgan fingerprint density at radius 1 is 1.79 bits per heavy atom. The Labute approximate surface area is 114 Å². The number of nitrogens with one attached hydrogen (secondary N) is 1. The molecule has 1 N–H and O–H groups in total. The number of rotatable bonds is 5. The summed E-state index contributed by atoms with van der Waals surface area (Å²) in [6.45, 7) is 5.89. The van der Waals surface area contributed by atoms with Crippen LogP contribution in [0.3, 0.4) is 0 Å². The van der Waals surface area contributed by atoms with Crippen molar-refractivity contribution in [2.24, 2.45) is 0 Å². The average Bonchev–Trinajstić information content (AvgIpc) is 2.94. The zero-order valence-electron chi connectivity index (χ0n) is 10.4. The zero-order valence-corrected chi connectivity index (χ0v) is 11.2. The molecule has 1 aliphatic heterocycles. The molecule has 2 atom stereocenters. The third-order valence-corrected chi connectivity index (χ3v) is 3.29. The quantitative estimate of drug-likeness (QED) is 0.653. The Kier molecular flexibility index (Phi) is 4.16. The van der Waals surface area contributed by atoms with Crippen LogP contribution in [0.1, 0.15) is 23.8 Å². The Morgan fingerprint density at radius 3 is 3.21 bits per heavy atom. The first-order valence-corrected chi connectivity index (χ1v) is 6.70. The largest absolute Gasteiger partial charge is 0.460 e. The van der Waals surface area contributed by atoms with E-state index in [2.05, 4.69) is 16.9 Å². The summed E-state index contributed by atoms with van der Waals surface area (Å²) in [5, 5.41) is 5.16. The average molecular weight is 282 g/mol. The van der Waals surface area contributed by atoms with Gasteiger partial charge in [-0.3, -0.25) is 0 Å². The predicted octanol–water partition coefficient (Wildman–Crippen LogP) is 1.60. The summed E-state index contributed by atoms with van der Waals surface area (Å²) in [5.41, 5.74) is 0.184. The summed E-state index contributed by atoms with van der Waals surface area (Å²) in [4.78, 5) is 27.2. The molecule has 1 aromatic rings. The third kappa shape index (κ3) is 3.31. The lowest BCUT2D eigenvalue weighted by atomic mass is 10.2. The minimum Gasteiger partial charge on any atom is -0.460 e. The van der Waals surface area contributed by atoms with E-state index in [0.29, 0.717) is 18.1 Å². The number of nitrogens with zero attached hydrogens (tertiary/aromatic N) is 1. The van der Waals surface area contributed by atoms with Crippen molar-refractivity contribution in [2.45, 2.75) is 25.6 Å². The van der Waals surface area contributed by atoms with Gasteiger partial charge in [0.2, 0.25) is 6.10 Å². The molecule has 0 unspecified atom stereocenters. The van der Waals surface area contributed by atoms with Gasteiger partial charge < -0.3 is 14.8 Å². The second-order valence-corrected chi connectivity index (χ2v) is 4.94. The number of anilines is 1. The third-order valence-electron chi connectivity index (χ3n) is 2.49. The van der Waals surface area contributed by atoms with Crippen molar-refractivity contribution >= 4 is 28.4 Å². The number of ether oxygens (including phenoxy) is 2. The molecule has 0 aromatic carbocycles. The normalized spacial score (nSPS) is 21.8. The van der Waals surface area contributed by atoms with Crippen LogP contribution in [0.2, 0.25) is 0 Å². The SMILES string of the molecule is C=CCNc1nc(C(=O)O[C@@H]2C[C@H](C)OC2=O)cs1. The molecule has 1 saturated heterocycles. The summed E-state index contributed by atoms with van der Waals surface area (Å²) in [6, 6.07) is 0. The van der Waals surface area contributed by atoms with Crippen molar-refractivity contribution in [3.63, 3.8) is 0 Å². The van der Waals surface area contributed by atoms with Gasteiger partial charge >= 0.3 is 11.9 Å². The Morgan fingerprint density at radius 2 is 2.58 bits per heavy atom. The van der Waals surface area contributed by atoms with Crippen molar-refractivity contribution in [1.82, 2.24) is 4.98 Å². The van der Waals surface area contributed by atoms with Gasteiger partial charge in [-0.05, 0) is 6.92 Å². The van der Waals surface area contributed by atoms with Crippen LogP contribution in [0.25, 0.3) is 0 Å². The van der Waals surface area contributed by atoms with Crippen molar-refractivity contribution in [1.29, 1.82) is 0 Å². The molecule has 0 aliphatic carbocycles. The molecule has 2 heterocycles. The highest BCUT2D eigenvalue weighted by Crippen LogP contribution is 2.20. The Bertz CT molecular complexity index is 500. The first-order chi connectivity index (χ1) is 9.10. The van der Waals surface area contributed by atoms with Crippen LogP contribution in [0.15, 0.2) is 18.0 Å². The fraction of sp³-hybridized carbons (Fsp3) is 0.417. The van der Waals surface area contributed by atoms with Crippen molar-refractivity contribution in [3.05, 3.63) is 23.7 Å². The van der Waals surface area contributed by atoms with E-state index in [1.807, 2.05) is 0 Å². The number of cyclic esters (lactones) is 1. The Balaban J connectivity index is 1.94. The van der Waals surface area contributed by atoms with Crippen LogP contribution < -0.4 is 5.32 Å². The molecule has 1 aliphatic rings. The van der Waals surface area contributed by atoms with E-state index in [0.717, 1.165) is 0 Å².